The van der Waals surface area contributed by atoms with Gasteiger partial charge in [-0.1, -0.05) is 39.5 Å². The molecule has 0 radical (unpaired) electrons. The van der Waals surface area contributed by atoms with E-state index in [1.165, 1.54) is 18.3 Å². The van der Waals surface area contributed by atoms with Crippen LogP contribution in [0.1, 0.15) is 46.5 Å². The van der Waals surface area contributed by atoms with E-state index >= 15 is 0 Å². The highest BCUT2D eigenvalue weighted by Crippen LogP contribution is 2.29. The van der Waals surface area contributed by atoms with Crippen molar-refractivity contribution in [3.05, 3.63) is 71.0 Å². The quantitative estimate of drug-likeness (QED) is 0.280. The fraction of sp³-hybridized carbons (Fsp3) is 0.423. The Kier molecular flexibility index (Phi) is 8.74. The summed E-state index contributed by atoms with van der Waals surface area (Å²) < 4.78 is 3.29. The Hall–Kier alpha value is -2.84. The summed E-state index contributed by atoms with van der Waals surface area (Å²) in [6.45, 7) is 11.3. The number of allylic oxidation sites excluding steroid dienone is 2. The zero-order valence-corrected chi connectivity index (χ0v) is 21.0. The van der Waals surface area contributed by atoms with E-state index in [1.54, 1.807) is 17.0 Å². The SMILES string of the molecule is C=C(C=CC(=CCC)NSc1cccc2c(=O)[nH]cnc12)C(=O)N1CCC(O)(CC(C)C)CC1. The molecule has 1 aliphatic heterocycles. The Morgan fingerprint density at radius 1 is 1.35 bits per heavy atom. The maximum Gasteiger partial charge on any atom is 0.258 e. The number of aliphatic hydroxyl groups is 1. The Labute approximate surface area is 205 Å². The number of fused-ring (bicyclic) bond motifs is 1. The number of rotatable bonds is 9. The minimum Gasteiger partial charge on any atom is -0.390 e. The molecule has 7 nitrogen and oxygen atoms in total. The molecule has 2 aromatic rings. The van der Waals surface area contributed by atoms with Crippen molar-refractivity contribution in [1.82, 2.24) is 19.6 Å². The van der Waals surface area contributed by atoms with Crippen molar-refractivity contribution >= 4 is 28.8 Å². The van der Waals surface area contributed by atoms with Gasteiger partial charge < -0.3 is 19.7 Å². The number of para-hydroxylation sites is 1. The van der Waals surface area contributed by atoms with Crippen molar-refractivity contribution in [2.24, 2.45) is 5.92 Å². The van der Waals surface area contributed by atoms with Crippen LogP contribution in [0, 0.1) is 5.92 Å². The molecule has 1 aromatic heterocycles. The molecule has 1 amide bonds. The number of carbonyl (C=O) groups is 1. The topological polar surface area (TPSA) is 98.3 Å². The monoisotopic (exact) mass is 482 g/mol. The van der Waals surface area contributed by atoms with Gasteiger partial charge >= 0.3 is 0 Å². The summed E-state index contributed by atoms with van der Waals surface area (Å²) in [6.07, 6.45) is 9.72. The first kappa shape index (κ1) is 25.8. The van der Waals surface area contributed by atoms with Crippen LogP contribution in [-0.4, -0.2) is 44.6 Å². The van der Waals surface area contributed by atoms with E-state index in [1.807, 2.05) is 31.2 Å². The molecule has 3 rings (SSSR count). The van der Waals surface area contributed by atoms with Crippen molar-refractivity contribution in [2.75, 3.05) is 13.1 Å². The molecule has 0 bridgehead atoms. The maximum absolute atomic E-state index is 12.9. The van der Waals surface area contributed by atoms with Crippen molar-refractivity contribution in [3.8, 4) is 0 Å². The Morgan fingerprint density at radius 3 is 2.76 bits per heavy atom. The number of benzene rings is 1. The van der Waals surface area contributed by atoms with Crippen LogP contribution in [0.3, 0.4) is 0 Å². The van der Waals surface area contributed by atoms with Crippen molar-refractivity contribution < 1.29 is 9.90 Å². The van der Waals surface area contributed by atoms with Crippen molar-refractivity contribution in [1.29, 1.82) is 0 Å². The highest BCUT2D eigenvalue weighted by atomic mass is 32.2. The first-order valence-electron chi connectivity index (χ1n) is 11.7. The number of likely N-dealkylation sites (tertiary alicyclic amines) is 1. The van der Waals surface area contributed by atoms with Gasteiger partial charge in [-0.3, -0.25) is 9.59 Å². The van der Waals surface area contributed by atoms with Crippen LogP contribution in [0.5, 0.6) is 0 Å². The third-order valence-corrected chi connectivity index (χ3v) is 6.73. The first-order valence-corrected chi connectivity index (χ1v) is 12.5. The van der Waals surface area contributed by atoms with Gasteiger partial charge in [-0.2, -0.15) is 0 Å². The number of amides is 1. The molecule has 0 unspecified atom stereocenters. The predicted octanol–water partition coefficient (Wildman–Crippen LogP) is 4.33. The first-order chi connectivity index (χ1) is 16.2. The molecule has 8 heteroatoms. The Bertz CT molecular complexity index is 1140. The zero-order valence-electron chi connectivity index (χ0n) is 20.1. The van der Waals surface area contributed by atoms with Gasteiger partial charge in [-0.05, 0) is 67.8 Å². The number of aromatic amines is 1. The molecule has 34 heavy (non-hydrogen) atoms. The van der Waals surface area contributed by atoms with E-state index in [-0.39, 0.29) is 11.5 Å². The van der Waals surface area contributed by atoms with E-state index in [0.717, 1.165) is 23.4 Å². The van der Waals surface area contributed by atoms with Gasteiger partial charge in [0, 0.05) is 24.4 Å². The van der Waals surface area contributed by atoms with E-state index in [0.29, 0.717) is 48.3 Å². The molecule has 1 fully saturated rings. The van der Waals surface area contributed by atoms with Crippen LogP contribution in [0.2, 0.25) is 0 Å². The highest BCUT2D eigenvalue weighted by molar-refractivity contribution is 7.97. The second kappa shape index (κ2) is 11.5. The number of piperidine rings is 1. The summed E-state index contributed by atoms with van der Waals surface area (Å²) in [5.41, 5.74) is 1.01. The number of aromatic nitrogens is 2. The van der Waals surface area contributed by atoms with Crippen molar-refractivity contribution in [2.45, 2.75) is 57.0 Å². The van der Waals surface area contributed by atoms with Gasteiger partial charge in [0.1, 0.15) is 0 Å². The third-order valence-electron chi connectivity index (χ3n) is 5.84. The molecular formula is C26H34N4O3S. The molecule has 0 spiro atoms. The second-order valence-electron chi connectivity index (χ2n) is 9.13. The predicted molar refractivity (Wildman–Crippen MR) is 138 cm³/mol. The fourth-order valence-corrected chi connectivity index (χ4v) is 4.97. The number of nitrogens with one attached hydrogen (secondary N) is 2. The van der Waals surface area contributed by atoms with Crippen LogP contribution < -0.4 is 10.3 Å². The van der Waals surface area contributed by atoms with Gasteiger partial charge in [0.2, 0.25) is 0 Å². The van der Waals surface area contributed by atoms with Crippen molar-refractivity contribution in [3.63, 3.8) is 0 Å². The minimum absolute atomic E-state index is 0.108. The van der Waals surface area contributed by atoms with E-state index < -0.39 is 5.60 Å². The van der Waals surface area contributed by atoms with E-state index in [4.69, 9.17) is 0 Å². The van der Waals surface area contributed by atoms with E-state index in [2.05, 4.69) is 35.1 Å². The van der Waals surface area contributed by atoms with Gasteiger partial charge in [0.15, 0.2) is 0 Å². The number of nitrogens with zero attached hydrogens (tertiary/aromatic N) is 2. The van der Waals surface area contributed by atoms with Gasteiger partial charge in [-0.15, -0.1) is 0 Å². The Morgan fingerprint density at radius 2 is 2.09 bits per heavy atom. The normalized spacial score (nSPS) is 16.4. The maximum atomic E-state index is 12.9. The molecular weight excluding hydrogens is 448 g/mol. The Balaban J connectivity index is 1.61. The van der Waals surface area contributed by atoms with Gasteiger partial charge in [0.25, 0.3) is 11.5 Å². The van der Waals surface area contributed by atoms with Crippen LogP contribution >= 0.6 is 11.9 Å². The summed E-state index contributed by atoms with van der Waals surface area (Å²) in [5.74, 6) is 0.313. The minimum atomic E-state index is -0.679. The lowest BCUT2D eigenvalue weighted by Crippen LogP contribution is -2.47. The second-order valence-corrected chi connectivity index (χ2v) is 9.98. The standard InChI is InChI=1S/C26H34N4O3S/c1-5-7-20(29-34-22-9-6-8-21-23(22)27-17-28-24(21)31)11-10-19(4)25(32)30-14-12-26(33,13-15-30)16-18(2)3/h6-11,17-18,29,33H,4-5,12-16H2,1-3H3,(H,27,28,31). The average molecular weight is 483 g/mol. The lowest BCUT2D eigenvalue weighted by molar-refractivity contribution is -0.131. The van der Waals surface area contributed by atoms with Gasteiger partial charge in [-0.25, -0.2) is 4.98 Å². The molecule has 182 valence electrons. The number of hydrogen-bond donors (Lipinski definition) is 3. The molecule has 2 heterocycles. The van der Waals surface area contributed by atoms with Crippen LogP contribution in [0.15, 0.2) is 70.3 Å². The van der Waals surface area contributed by atoms with Crippen LogP contribution in [-0.2, 0) is 4.79 Å². The lowest BCUT2D eigenvalue weighted by Gasteiger charge is -2.39. The molecule has 0 aliphatic carbocycles. The number of H-pyrrole nitrogens is 1. The molecule has 0 atom stereocenters. The third kappa shape index (κ3) is 6.61. The summed E-state index contributed by atoms with van der Waals surface area (Å²) in [6, 6.07) is 5.47. The largest absolute Gasteiger partial charge is 0.390 e. The summed E-state index contributed by atoms with van der Waals surface area (Å²) in [7, 11) is 0. The summed E-state index contributed by atoms with van der Waals surface area (Å²) in [4.78, 5) is 34.4. The van der Waals surface area contributed by atoms with Crippen LogP contribution in [0.25, 0.3) is 10.9 Å². The fourth-order valence-electron chi connectivity index (χ4n) is 4.19. The summed E-state index contributed by atoms with van der Waals surface area (Å²) >= 11 is 1.36. The highest BCUT2D eigenvalue weighted by Gasteiger charge is 2.34. The smallest absolute Gasteiger partial charge is 0.258 e. The molecule has 1 aliphatic rings. The molecule has 1 aromatic carbocycles. The lowest BCUT2D eigenvalue weighted by atomic mass is 9.84. The molecule has 0 saturated carbocycles. The van der Waals surface area contributed by atoms with Gasteiger partial charge in [0.05, 0.1) is 27.7 Å². The zero-order chi connectivity index (χ0) is 24.7. The average Bonchev–Trinajstić information content (AvgIpc) is 2.80. The molecule has 3 N–H and O–H groups in total. The number of carbonyl (C=O) groups excluding carboxylic acids is 1. The van der Waals surface area contributed by atoms with Crippen LogP contribution in [0.4, 0.5) is 0 Å². The van der Waals surface area contributed by atoms with E-state index in [9.17, 15) is 14.7 Å². The summed E-state index contributed by atoms with van der Waals surface area (Å²) in [5, 5.41) is 11.3. The number of hydrogen-bond acceptors (Lipinski definition) is 6. The molecule has 1 saturated heterocycles.